The van der Waals surface area contributed by atoms with E-state index in [2.05, 4.69) is 28.2 Å². The molecule has 2 aliphatic rings. The Labute approximate surface area is 102 Å². The van der Waals surface area contributed by atoms with Crippen LogP contribution in [0.25, 0.3) is 0 Å². The number of anilines is 1. The van der Waals surface area contributed by atoms with Gasteiger partial charge in [-0.05, 0) is 37.0 Å². The van der Waals surface area contributed by atoms with E-state index in [1.165, 1.54) is 24.0 Å². The summed E-state index contributed by atoms with van der Waals surface area (Å²) < 4.78 is 0. The second-order valence-electron chi connectivity index (χ2n) is 5.01. The number of hydrogen-bond donors (Lipinski definition) is 2. The van der Waals surface area contributed by atoms with E-state index < -0.39 is 0 Å². The third-order valence-corrected chi connectivity index (χ3v) is 3.90. The zero-order valence-corrected chi connectivity index (χ0v) is 10.2. The van der Waals surface area contributed by atoms with Crippen LogP contribution in [0.1, 0.15) is 36.6 Å². The van der Waals surface area contributed by atoms with Crippen LogP contribution >= 0.6 is 0 Å². The van der Waals surface area contributed by atoms with Gasteiger partial charge in [0.1, 0.15) is 5.82 Å². The standard InChI is InChI=1S/C13H19N3O/c1-9-3-2-4-16(9)13-5-10-6-14-7-11(10)12(8-17)15-13/h5,9,14,17H,2-4,6-8H2,1H3/t9-/m1/s1. The van der Waals surface area contributed by atoms with E-state index in [0.717, 1.165) is 31.1 Å². The first-order valence-corrected chi connectivity index (χ1v) is 6.39. The van der Waals surface area contributed by atoms with Gasteiger partial charge in [-0.3, -0.25) is 0 Å². The van der Waals surface area contributed by atoms with Crippen LogP contribution in [-0.4, -0.2) is 22.7 Å². The number of aliphatic hydroxyl groups excluding tert-OH is 1. The number of aromatic nitrogens is 1. The SMILES string of the molecule is C[C@@H]1CCCN1c1cc2c(c(CO)n1)CNC2. The van der Waals surface area contributed by atoms with E-state index in [1.54, 1.807) is 0 Å². The van der Waals surface area contributed by atoms with Gasteiger partial charge in [0.15, 0.2) is 0 Å². The molecule has 0 unspecified atom stereocenters. The first-order valence-electron chi connectivity index (χ1n) is 6.39. The third kappa shape index (κ3) is 1.81. The highest BCUT2D eigenvalue weighted by Gasteiger charge is 2.24. The van der Waals surface area contributed by atoms with Crippen LogP contribution in [0.15, 0.2) is 6.07 Å². The molecule has 17 heavy (non-hydrogen) atoms. The zero-order valence-electron chi connectivity index (χ0n) is 10.2. The fourth-order valence-electron chi connectivity index (χ4n) is 2.91. The summed E-state index contributed by atoms with van der Waals surface area (Å²) in [5, 5.41) is 12.7. The Balaban J connectivity index is 2.00. The average Bonchev–Trinajstić information content (AvgIpc) is 2.95. The molecule has 1 aromatic rings. The number of fused-ring (bicyclic) bond motifs is 1. The molecule has 0 radical (unpaired) electrons. The van der Waals surface area contributed by atoms with Crippen LogP contribution in [0, 0.1) is 0 Å². The van der Waals surface area contributed by atoms with Crippen molar-refractivity contribution in [2.24, 2.45) is 0 Å². The minimum absolute atomic E-state index is 0.0417. The Morgan fingerprint density at radius 3 is 3.12 bits per heavy atom. The van der Waals surface area contributed by atoms with Gasteiger partial charge in [-0.25, -0.2) is 4.98 Å². The van der Waals surface area contributed by atoms with E-state index in [-0.39, 0.29) is 6.61 Å². The summed E-state index contributed by atoms with van der Waals surface area (Å²) >= 11 is 0. The molecule has 3 rings (SSSR count). The van der Waals surface area contributed by atoms with Crippen molar-refractivity contribution < 1.29 is 5.11 Å². The van der Waals surface area contributed by atoms with Gasteiger partial charge in [0.2, 0.25) is 0 Å². The highest BCUT2D eigenvalue weighted by atomic mass is 16.3. The highest BCUT2D eigenvalue weighted by Crippen LogP contribution is 2.28. The molecule has 0 aliphatic carbocycles. The predicted octanol–water partition coefficient (Wildman–Crippen LogP) is 1.17. The molecule has 0 bridgehead atoms. The smallest absolute Gasteiger partial charge is 0.129 e. The minimum Gasteiger partial charge on any atom is -0.390 e. The number of nitrogens with zero attached hydrogens (tertiary/aromatic N) is 2. The van der Waals surface area contributed by atoms with Crippen molar-refractivity contribution in [3.63, 3.8) is 0 Å². The maximum atomic E-state index is 9.43. The molecule has 0 spiro atoms. The maximum Gasteiger partial charge on any atom is 0.129 e. The third-order valence-electron chi connectivity index (χ3n) is 3.90. The molecular formula is C13H19N3O. The number of rotatable bonds is 2. The largest absolute Gasteiger partial charge is 0.390 e. The number of nitrogens with one attached hydrogen (secondary N) is 1. The maximum absolute atomic E-state index is 9.43. The van der Waals surface area contributed by atoms with Crippen LogP contribution in [0.2, 0.25) is 0 Å². The van der Waals surface area contributed by atoms with Crippen molar-refractivity contribution in [3.8, 4) is 0 Å². The first kappa shape index (κ1) is 11.0. The molecule has 1 saturated heterocycles. The Morgan fingerprint density at radius 1 is 1.53 bits per heavy atom. The fourth-order valence-corrected chi connectivity index (χ4v) is 2.91. The molecule has 3 heterocycles. The molecule has 92 valence electrons. The molecule has 0 saturated carbocycles. The second-order valence-corrected chi connectivity index (χ2v) is 5.01. The normalized spacial score (nSPS) is 23.2. The Morgan fingerprint density at radius 2 is 2.41 bits per heavy atom. The molecule has 2 N–H and O–H groups in total. The zero-order chi connectivity index (χ0) is 11.8. The van der Waals surface area contributed by atoms with Crippen molar-refractivity contribution in [1.82, 2.24) is 10.3 Å². The highest BCUT2D eigenvalue weighted by molar-refractivity contribution is 5.49. The lowest BCUT2D eigenvalue weighted by molar-refractivity contribution is 0.275. The number of pyridine rings is 1. The molecule has 0 amide bonds. The minimum atomic E-state index is 0.0417. The van der Waals surface area contributed by atoms with Gasteiger partial charge in [0.25, 0.3) is 0 Å². The average molecular weight is 233 g/mol. The van der Waals surface area contributed by atoms with E-state index in [4.69, 9.17) is 0 Å². The van der Waals surface area contributed by atoms with Crippen LogP contribution in [-0.2, 0) is 19.7 Å². The molecule has 1 fully saturated rings. The molecule has 0 aromatic carbocycles. The van der Waals surface area contributed by atoms with E-state index in [9.17, 15) is 5.11 Å². The Bertz CT molecular complexity index is 433. The van der Waals surface area contributed by atoms with Crippen molar-refractivity contribution >= 4 is 5.82 Å². The summed E-state index contributed by atoms with van der Waals surface area (Å²) in [6.45, 7) is 5.12. The van der Waals surface area contributed by atoms with E-state index in [1.807, 2.05) is 0 Å². The van der Waals surface area contributed by atoms with E-state index >= 15 is 0 Å². The monoisotopic (exact) mass is 233 g/mol. The van der Waals surface area contributed by atoms with Gasteiger partial charge in [0.05, 0.1) is 12.3 Å². The summed E-state index contributed by atoms with van der Waals surface area (Å²) in [6, 6.07) is 2.76. The molecular weight excluding hydrogens is 214 g/mol. The van der Waals surface area contributed by atoms with Crippen molar-refractivity contribution in [1.29, 1.82) is 0 Å². The van der Waals surface area contributed by atoms with Crippen LogP contribution in [0.3, 0.4) is 0 Å². The van der Waals surface area contributed by atoms with Crippen molar-refractivity contribution in [2.45, 2.75) is 45.5 Å². The Hall–Kier alpha value is -1.13. The van der Waals surface area contributed by atoms with Crippen LogP contribution in [0.4, 0.5) is 5.82 Å². The van der Waals surface area contributed by atoms with Gasteiger partial charge >= 0.3 is 0 Å². The van der Waals surface area contributed by atoms with E-state index in [0.29, 0.717) is 6.04 Å². The lowest BCUT2D eigenvalue weighted by Gasteiger charge is -2.24. The fraction of sp³-hybridized carbons (Fsp3) is 0.615. The summed E-state index contributed by atoms with van der Waals surface area (Å²) in [4.78, 5) is 6.99. The summed E-state index contributed by atoms with van der Waals surface area (Å²) in [7, 11) is 0. The summed E-state index contributed by atoms with van der Waals surface area (Å²) in [5.41, 5.74) is 3.35. The Kier molecular flexibility index (Phi) is 2.76. The predicted molar refractivity (Wildman–Crippen MR) is 66.7 cm³/mol. The van der Waals surface area contributed by atoms with Crippen LogP contribution in [0.5, 0.6) is 0 Å². The molecule has 1 atom stereocenters. The van der Waals surface area contributed by atoms with Gasteiger partial charge in [-0.1, -0.05) is 0 Å². The lowest BCUT2D eigenvalue weighted by Crippen LogP contribution is -2.27. The van der Waals surface area contributed by atoms with Gasteiger partial charge in [-0.15, -0.1) is 0 Å². The van der Waals surface area contributed by atoms with Crippen LogP contribution < -0.4 is 10.2 Å². The van der Waals surface area contributed by atoms with Crippen molar-refractivity contribution in [3.05, 3.63) is 22.9 Å². The number of hydrogen-bond acceptors (Lipinski definition) is 4. The molecule has 4 heteroatoms. The van der Waals surface area contributed by atoms with Gasteiger partial charge in [0, 0.05) is 25.7 Å². The summed E-state index contributed by atoms with van der Waals surface area (Å²) in [5.74, 6) is 1.04. The lowest BCUT2D eigenvalue weighted by atomic mass is 10.1. The quantitative estimate of drug-likeness (QED) is 0.805. The molecule has 2 aliphatic heterocycles. The van der Waals surface area contributed by atoms with Gasteiger partial charge in [-0.2, -0.15) is 0 Å². The summed E-state index contributed by atoms with van der Waals surface area (Å²) in [6.07, 6.45) is 2.48. The van der Waals surface area contributed by atoms with Crippen molar-refractivity contribution in [2.75, 3.05) is 11.4 Å². The topological polar surface area (TPSA) is 48.4 Å². The number of aliphatic hydroxyl groups is 1. The molecule has 1 aromatic heterocycles. The first-order chi connectivity index (χ1) is 8.29. The molecule has 4 nitrogen and oxygen atoms in total. The second kappa shape index (κ2) is 4.27. The van der Waals surface area contributed by atoms with Gasteiger partial charge < -0.3 is 15.3 Å².